The number of aromatic carboxylic acids is 1. The van der Waals surface area contributed by atoms with E-state index < -0.39 is 42.7 Å². The van der Waals surface area contributed by atoms with Crippen LogP contribution in [0.4, 0.5) is 0 Å². The van der Waals surface area contributed by atoms with Crippen molar-refractivity contribution in [2.75, 3.05) is 26.7 Å². The number of benzene rings is 3. The number of aliphatic hydroxyl groups is 5. The average Bonchev–Trinajstić information content (AvgIpc) is 3.14. The number of likely N-dealkylation sites (N-methyl/N-ethyl adjacent to an activating group) is 1. The molecule has 0 aromatic heterocycles. The van der Waals surface area contributed by atoms with E-state index in [0.29, 0.717) is 17.7 Å². The molecule has 0 unspecified atom stereocenters. The fourth-order valence-electron chi connectivity index (χ4n) is 5.15. The maximum atomic E-state index is 13.4. The van der Waals surface area contributed by atoms with Gasteiger partial charge in [-0.15, -0.1) is 0 Å². The minimum atomic E-state index is -1.53. The van der Waals surface area contributed by atoms with Crippen LogP contribution in [0.5, 0.6) is 5.75 Å². The molecule has 11 nitrogen and oxygen atoms in total. The first-order valence-corrected chi connectivity index (χ1v) is 17.6. The molecule has 0 aliphatic carbocycles. The molecule has 0 heterocycles. The monoisotopic (exact) mass is 706 g/mol. The number of aliphatic hydroxyl groups excluding tert-OH is 5. The lowest BCUT2D eigenvalue weighted by molar-refractivity contribution is -0.635. The van der Waals surface area contributed by atoms with E-state index in [1.165, 1.54) is 30.5 Å². The summed E-state index contributed by atoms with van der Waals surface area (Å²) in [6, 6.07) is 19.8. The molecule has 3 aromatic carbocycles. The van der Waals surface area contributed by atoms with Gasteiger partial charge in [0, 0.05) is 29.8 Å². The molecule has 0 saturated carbocycles. The first-order valence-electron chi connectivity index (χ1n) is 17.6. The molecule has 4 atom stereocenters. The van der Waals surface area contributed by atoms with Crippen molar-refractivity contribution in [2.24, 2.45) is 0 Å². The standard InChI is InChI=1S/C33H37NO4.C7H17NO5/c1-3-5-7-8-22-34(24-28-18-21-31(35)30(23-28)33(37)38)32(36)29-19-16-27(17-20-29)15-14-26-12-10-25(11-13-26)9-6-4-2;1-8-2-4(10)6(12)7(13)5(11)3-9/h10-13,16-21,23,35H,3-9,22,24H2,1-2H3,(H,37,38);4-13H,2-3H2,1H3/t;4-,5+,6+,7+/m.0/s1. The van der Waals surface area contributed by atoms with Crippen LogP contribution in [0.1, 0.15) is 95.3 Å². The van der Waals surface area contributed by atoms with Crippen LogP contribution >= 0.6 is 0 Å². The Labute approximate surface area is 301 Å². The van der Waals surface area contributed by atoms with E-state index in [2.05, 4.69) is 37.8 Å². The summed E-state index contributed by atoms with van der Waals surface area (Å²) in [4.78, 5) is 26.5. The zero-order valence-corrected chi connectivity index (χ0v) is 29.9. The van der Waals surface area contributed by atoms with Gasteiger partial charge < -0.3 is 46.0 Å². The molecule has 0 fully saturated rings. The second-order valence-electron chi connectivity index (χ2n) is 12.5. The van der Waals surface area contributed by atoms with E-state index in [9.17, 15) is 30.0 Å². The summed E-state index contributed by atoms with van der Waals surface area (Å²) >= 11 is 0. The Hall–Kier alpha value is -4.28. The molecule has 0 radical (unpaired) electrons. The number of nitrogens with zero attached hydrogens (tertiary/aromatic N) is 1. The van der Waals surface area contributed by atoms with Crippen LogP contribution in [0.2, 0.25) is 0 Å². The van der Waals surface area contributed by atoms with Crippen molar-refractivity contribution in [2.45, 2.75) is 89.8 Å². The minimum Gasteiger partial charge on any atom is -0.872 e. The lowest BCUT2D eigenvalue weighted by Crippen LogP contribution is -2.83. The largest absolute Gasteiger partial charge is 0.872 e. The van der Waals surface area contributed by atoms with Crippen molar-refractivity contribution in [3.8, 4) is 17.6 Å². The number of quaternary nitrogens is 1. The summed E-state index contributed by atoms with van der Waals surface area (Å²) in [5.74, 6) is 4.43. The highest BCUT2D eigenvalue weighted by Gasteiger charge is 2.30. The van der Waals surface area contributed by atoms with Gasteiger partial charge in [0.25, 0.3) is 5.91 Å². The minimum absolute atomic E-state index is 0.133. The number of nitrogens with two attached hydrogens (primary N) is 1. The maximum absolute atomic E-state index is 13.4. The zero-order valence-electron chi connectivity index (χ0n) is 29.9. The van der Waals surface area contributed by atoms with E-state index in [1.54, 1.807) is 35.5 Å². The van der Waals surface area contributed by atoms with Crippen LogP contribution in [-0.4, -0.2) is 98.6 Å². The van der Waals surface area contributed by atoms with Gasteiger partial charge in [0.15, 0.2) is 0 Å². The van der Waals surface area contributed by atoms with Crippen LogP contribution in [0.25, 0.3) is 0 Å². The Kier molecular flexibility index (Phi) is 19.5. The predicted molar refractivity (Wildman–Crippen MR) is 193 cm³/mol. The summed E-state index contributed by atoms with van der Waals surface area (Å²) in [7, 11) is 1.70. The highest BCUT2D eigenvalue weighted by Crippen LogP contribution is 2.19. The number of carboxylic acids is 1. The van der Waals surface area contributed by atoms with Crippen LogP contribution in [-0.2, 0) is 13.0 Å². The molecule has 11 heteroatoms. The molecule has 0 bridgehead atoms. The summed E-state index contributed by atoms with van der Waals surface area (Å²) in [5.41, 5.74) is 3.98. The molecular formula is C40H54N2O9. The number of carbonyl (C=O) groups excluding carboxylic acids is 1. The van der Waals surface area contributed by atoms with E-state index >= 15 is 0 Å². The molecule has 51 heavy (non-hydrogen) atoms. The number of hydrogen-bond acceptors (Lipinski definition) is 8. The first kappa shape index (κ1) is 42.9. The smallest absolute Gasteiger partial charge is 0.335 e. The van der Waals surface area contributed by atoms with Gasteiger partial charge in [-0.2, -0.15) is 0 Å². The maximum Gasteiger partial charge on any atom is 0.335 e. The molecule has 0 saturated heterocycles. The van der Waals surface area contributed by atoms with E-state index in [4.69, 9.17) is 15.3 Å². The number of rotatable bonds is 18. The Morgan fingerprint density at radius 2 is 1.35 bits per heavy atom. The number of hydrogen-bond donors (Lipinski definition) is 7. The van der Waals surface area contributed by atoms with Gasteiger partial charge in [-0.3, -0.25) is 4.79 Å². The molecule has 3 rings (SSSR count). The number of carbonyl (C=O) groups is 2. The van der Waals surface area contributed by atoms with E-state index in [1.807, 2.05) is 24.3 Å². The zero-order chi connectivity index (χ0) is 37.8. The third kappa shape index (κ3) is 14.8. The summed E-state index contributed by atoms with van der Waals surface area (Å²) < 4.78 is 0. The molecule has 8 N–H and O–H groups in total. The van der Waals surface area contributed by atoms with Gasteiger partial charge in [0.05, 0.1) is 19.2 Å². The van der Waals surface area contributed by atoms with Gasteiger partial charge in [0.2, 0.25) is 0 Å². The summed E-state index contributed by atoms with van der Waals surface area (Å²) in [5, 5.41) is 67.8. The van der Waals surface area contributed by atoms with Crippen molar-refractivity contribution >= 4 is 11.9 Å². The highest BCUT2D eigenvalue weighted by molar-refractivity contribution is 5.94. The Balaban J connectivity index is 0.000000588. The Morgan fingerprint density at radius 3 is 1.90 bits per heavy atom. The van der Waals surface area contributed by atoms with Gasteiger partial charge in [0.1, 0.15) is 31.0 Å². The van der Waals surface area contributed by atoms with Gasteiger partial charge in [-0.25, -0.2) is 4.79 Å². The van der Waals surface area contributed by atoms with Crippen molar-refractivity contribution in [3.63, 3.8) is 0 Å². The van der Waals surface area contributed by atoms with Crippen LogP contribution in [0.15, 0.2) is 66.7 Å². The van der Waals surface area contributed by atoms with Crippen molar-refractivity contribution in [3.05, 3.63) is 100 Å². The highest BCUT2D eigenvalue weighted by atomic mass is 16.4. The van der Waals surface area contributed by atoms with Crippen LogP contribution in [0, 0.1) is 11.8 Å². The lowest BCUT2D eigenvalue weighted by atomic mass is 10.0. The Morgan fingerprint density at radius 1 is 0.784 bits per heavy atom. The molecule has 0 spiro atoms. The van der Waals surface area contributed by atoms with Crippen LogP contribution < -0.4 is 10.4 Å². The number of aryl methyl sites for hydroxylation is 1. The molecule has 278 valence electrons. The van der Waals surface area contributed by atoms with Gasteiger partial charge >= 0.3 is 5.97 Å². The number of unbranched alkanes of at least 4 members (excludes halogenated alkanes) is 4. The molecule has 3 aromatic rings. The molecular weight excluding hydrogens is 652 g/mol. The van der Waals surface area contributed by atoms with Crippen molar-refractivity contribution < 1.29 is 50.7 Å². The third-order valence-corrected chi connectivity index (χ3v) is 8.28. The summed E-state index contributed by atoms with van der Waals surface area (Å²) in [6.07, 6.45) is 1.96. The van der Waals surface area contributed by atoms with Crippen molar-refractivity contribution in [1.82, 2.24) is 4.90 Å². The van der Waals surface area contributed by atoms with E-state index in [0.717, 1.165) is 43.2 Å². The summed E-state index contributed by atoms with van der Waals surface area (Å²) in [6.45, 7) is 4.68. The fourth-order valence-corrected chi connectivity index (χ4v) is 5.15. The molecule has 0 aliphatic rings. The SMILES string of the molecule is CCCCCCN(Cc1ccc([O-])c(C(=O)O)c1)C(=O)c1ccc(C#Cc2ccc(CCCC)cc2)cc1.C[NH2+]C[C@H](O)[C@@H](O)[C@H](O)[C@H](O)CO. The molecule has 0 aliphatic heterocycles. The second kappa shape index (κ2) is 23.2. The fraction of sp³-hybridized carbons (Fsp3) is 0.450. The second-order valence-corrected chi connectivity index (χ2v) is 12.5. The van der Waals surface area contributed by atoms with Gasteiger partial charge in [-0.05, 0) is 72.9 Å². The number of amides is 1. The normalized spacial score (nSPS) is 13.1. The molecule has 1 amide bonds. The predicted octanol–water partition coefficient (Wildman–Crippen LogP) is 2.04. The quantitative estimate of drug-likeness (QED) is 0.0765. The first-order chi connectivity index (χ1) is 24.4. The average molecular weight is 707 g/mol. The van der Waals surface area contributed by atoms with Crippen LogP contribution in [0.3, 0.4) is 0 Å². The number of carboxylic acid groups (broad SMARTS) is 1. The van der Waals surface area contributed by atoms with Gasteiger partial charge in [-0.1, -0.05) is 81.4 Å². The van der Waals surface area contributed by atoms with E-state index in [-0.39, 0.29) is 24.6 Å². The Bertz CT molecular complexity index is 1530. The third-order valence-electron chi connectivity index (χ3n) is 8.28. The van der Waals surface area contributed by atoms with Crippen molar-refractivity contribution in [1.29, 1.82) is 0 Å². The topological polar surface area (TPSA) is 198 Å². The lowest BCUT2D eigenvalue weighted by Gasteiger charge is -2.24.